The number of aromatic nitrogens is 3. The van der Waals surface area contributed by atoms with E-state index in [4.69, 9.17) is 19.4 Å². The zero-order chi connectivity index (χ0) is 23.3. The van der Waals surface area contributed by atoms with Crippen molar-refractivity contribution in [1.82, 2.24) is 19.9 Å². The van der Waals surface area contributed by atoms with Crippen LogP contribution in [0.2, 0.25) is 0 Å². The van der Waals surface area contributed by atoms with E-state index < -0.39 is 0 Å². The summed E-state index contributed by atoms with van der Waals surface area (Å²) < 4.78 is 10.9. The molecule has 0 aliphatic carbocycles. The van der Waals surface area contributed by atoms with Crippen molar-refractivity contribution in [3.8, 4) is 11.5 Å². The average molecular weight is 451 g/mol. The van der Waals surface area contributed by atoms with Crippen molar-refractivity contribution in [2.75, 3.05) is 14.2 Å². The van der Waals surface area contributed by atoms with Crippen LogP contribution in [-0.4, -0.2) is 34.1 Å². The van der Waals surface area contributed by atoms with Crippen molar-refractivity contribution in [2.24, 2.45) is 0 Å². The molecular weight excluding hydrogens is 424 g/mol. The minimum atomic E-state index is 0.642. The number of hydrogen-bond donors (Lipinski definition) is 0. The average Bonchev–Trinajstić information content (AvgIpc) is 2.89. The summed E-state index contributed by atoms with van der Waals surface area (Å²) in [6, 6.07) is 22.3. The molecule has 0 N–H and O–H groups in total. The van der Waals surface area contributed by atoms with Gasteiger partial charge in [-0.2, -0.15) is 0 Å². The fraction of sp³-hybridized carbons (Fsp3) is 0.179. The number of methoxy groups -OCH3 is 2. The summed E-state index contributed by atoms with van der Waals surface area (Å²) in [6.45, 7) is 1.96. The third-order valence-corrected chi connectivity index (χ3v) is 5.97. The van der Waals surface area contributed by atoms with E-state index in [9.17, 15) is 0 Å². The molecule has 5 aromatic rings. The van der Waals surface area contributed by atoms with Crippen LogP contribution in [0.5, 0.6) is 11.5 Å². The SMILES string of the molecule is COc1ccc2ccnc(CN(Cc3ccccn3)Cc3nccc4ccc(OC)cc34)c2c1. The number of pyridine rings is 3. The van der Waals surface area contributed by atoms with Crippen molar-refractivity contribution in [3.63, 3.8) is 0 Å². The zero-order valence-electron chi connectivity index (χ0n) is 19.3. The van der Waals surface area contributed by atoms with E-state index >= 15 is 0 Å². The Kier molecular flexibility index (Phi) is 6.31. The van der Waals surface area contributed by atoms with Crippen LogP contribution < -0.4 is 9.47 Å². The van der Waals surface area contributed by atoms with E-state index in [0.717, 1.165) is 50.1 Å². The maximum absolute atomic E-state index is 5.47. The number of rotatable bonds is 8. The van der Waals surface area contributed by atoms with Gasteiger partial charge in [0.25, 0.3) is 0 Å². The molecule has 0 amide bonds. The first kappa shape index (κ1) is 21.8. The lowest BCUT2D eigenvalue weighted by Gasteiger charge is -2.23. The van der Waals surface area contributed by atoms with Gasteiger partial charge in [0, 0.05) is 49.0 Å². The zero-order valence-corrected chi connectivity index (χ0v) is 19.3. The van der Waals surface area contributed by atoms with Crippen LogP contribution in [-0.2, 0) is 19.6 Å². The predicted molar refractivity (Wildman–Crippen MR) is 134 cm³/mol. The minimum Gasteiger partial charge on any atom is -0.497 e. The quantitative estimate of drug-likeness (QED) is 0.316. The highest BCUT2D eigenvalue weighted by molar-refractivity contribution is 5.86. The third kappa shape index (κ3) is 4.67. The van der Waals surface area contributed by atoms with Crippen LogP contribution in [0.4, 0.5) is 0 Å². The summed E-state index contributed by atoms with van der Waals surface area (Å²) in [5.41, 5.74) is 2.98. The molecule has 0 aliphatic heterocycles. The van der Waals surface area contributed by atoms with Crippen molar-refractivity contribution >= 4 is 21.5 Å². The molecule has 0 saturated heterocycles. The standard InChI is InChI=1S/C28H26N4O2/c1-33-23-8-6-20-10-13-30-27(25(20)15-23)18-32(17-22-5-3-4-12-29-22)19-28-26-16-24(34-2)9-7-21(26)11-14-31-28/h3-16H,17-19H2,1-2H3. The lowest BCUT2D eigenvalue weighted by atomic mass is 10.1. The topological polar surface area (TPSA) is 60.4 Å². The summed E-state index contributed by atoms with van der Waals surface area (Å²) in [5.74, 6) is 1.64. The second-order valence-electron chi connectivity index (χ2n) is 8.16. The van der Waals surface area contributed by atoms with Crippen molar-refractivity contribution < 1.29 is 9.47 Å². The molecule has 6 heteroatoms. The molecule has 0 fully saturated rings. The Hall–Kier alpha value is -4.03. The summed E-state index contributed by atoms with van der Waals surface area (Å²) in [7, 11) is 3.37. The maximum Gasteiger partial charge on any atom is 0.119 e. The van der Waals surface area contributed by atoms with Crippen LogP contribution in [0.3, 0.4) is 0 Å². The molecule has 5 rings (SSSR count). The van der Waals surface area contributed by atoms with Crippen LogP contribution in [0, 0.1) is 0 Å². The first-order valence-electron chi connectivity index (χ1n) is 11.2. The van der Waals surface area contributed by atoms with Gasteiger partial charge in [0.15, 0.2) is 0 Å². The molecule has 2 aromatic carbocycles. The molecule has 0 bridgehead atoms. The monoisotopic (exact) mass is 450 g/mol. The molecule has 0 radical (unpaired) electrons. The lowest BCUT2D eigenvalue weighted by molar-refractivity contribution is 0.241. The van der Waals surface area contributed by atoms with E-state index in [0.29, 0.717) is 19.6 Å². The Morgan fingerprint density at radius 2 is 1.21 bits per heavy atom. The minimum absolute atomic E-state index is 0.642. The van der Waals surface area contributed by atoms with Gasteiger partial charge in [0.1, 0.15) is 11.5 Å². The second kappa shape index (κ2) is 9.85. The first-order chi connectivity index (χ1) is 16.7. The fourth-order valence-electron chi connectivity index (χ4n) is 4.23. The summed E-state index contributed by atoms with van der Waals surface area (Å²) in [6.07, 6.45) is 5.56. The Morgan fingerprint density at radius 3 is 1.71 bits per heavy atom. The van der Waals surface area contributed by atoms with Crippen molar-refractivity contribution in [3.05, 3.63) is 102 Å². The normalized spacial score (nSPS) is 11.3. The highest BCUT2D eigenvalue weighted by Gasteiger charge is 2.15. The maximum atomic E-state index is 5.47. The van der Waals surface area contributed by atoms with Gasteiger partial charge in [0.2, 0.25) is 0 Å². The van der Waals surface area contributed by atoms with E-state index in [-0.39, 0.29) is 0 Å². The molecule has 170 valence electrons. The summed E-state index contributed by atoms with van der Waals surface area (Å²) >= 11 is 0. The van der Waals surface area contributed by atoms with E-state index in [1.54, 1.807) is 14.2 Å². The molecule has 0 spiro atoms. The Morgan fingerprint density at radius 1 is 0.618 bits per heavy atom. The van der Waals surface area contributed by atoms with Gasteiger partial charge in [-0.05, 0) is 59.3 Å². The van der Waals surface area contributed by atoms with Gasteiger partial charge < -0.3 is 9.47 Å². The molecule has 0 aliphatic rings. The number of fused-ring (bicyclic) bond motifs is 2. The molecule has 6 nitrogen and oxygen atoms in total. The molecule has 3 aromatic heterocycles. The van der Waals surface area contributed by atoms with E-state index in [2.05, 4.69) is 34.1 Å². The molecule has 0 atom stereocenters. The molecule has 0 unspecified atom stereocenters. The van der Waals surface area contributed by atoms with Crippen LogP contribution in [0.15, 0.2) is 85.3 Å². The molecule has 0 saturated carbocycles. The van der Waals surface area contributed by atoms with Gasteiger partial charge in [-0.25, -0.2) is 0 Å². The molecule has 3 heterocycles. The summed E-state index contributed by atoms with van der Waals surface area (Å²) in [5, 5.41) is 4.44. The number of nitrogens with zero attached hydrogens (tertiary/aromatic N) is 4. The van der Waals surface area contributed by atoms with Crippen molar-refractivity contribution in [2.45, 2.75) is 19.6 Å². The molecule has 34 heavy (non-hydrogen) atoms. The van der Waals surface area contributed by atoms with Crippen LogP contribution >= 0.6 is 0 Å². The van der Waals surface area contributed by atoms with Gasteiger partial charge in [-0.1, -0.05) is 18.2 Å². The fourth-order valence-corrected chi connectivity index (χ4v) is 4.23. The molecular formula is C28H26N4O2. The first-order valence-corrected chi connectivity index (χ1v) is 11.2. The number of ether oxygens (including phenoxy) is 2. The van der Waals surface area contributed by atoms with E-state index in [1.165, 1.54) is 0 Å². The van der Waals surface area contributed by atoms with Gasteiger partial charge >= 0.3 is 0 Å². The van der Waals surface area contributed by atoms with Gasteiger partial charge in [-0.15, -0.1) is 0 Å². The third-order valence-electron chi connectivity index (χ3n) is 5.97. The Bertz CT molecular complexity index is 1330. The predicted octanol–water partition coefficient (Wildman–Crippen LogP) is 5.40. The summed E-state index contributed by atoms with van der Waals surface area (Å²) in [4.78, 5) is 16.4. The largest absolute Gasteiger partial charge is 0.497 e. The van der Waals surface area contributed by atoms with Gasteiger partial charge in [0.05, 0.1) is 31.3 Å². The Labute approximate surface area is 198 Å². The van der Waals surface area contributed by atoms with E-state index in [1.807, 2.05) is 61.1 Å². The highest BCUT2D eigenvalue weighted by Crippen LogP contribution is 2.27. The highest BCUT2D eigenvalue weighted by atomic mass is 16.5. The van der Waals surface area contributed by atoms with Crippen LogP contribution in [0.25, 0.3) is 21.5 Å². The lowest BCUT2D eigenvalue weighted by Crippen LogP contribution is -2.24. The smallest absolute Gasteiger partial charge is 0.119 e. The van der Waals surface area contributed by atoms with Crippen LogP contribution in [0.1, 0.15) is 17.1 Å². The van der Waals surface area contributed by atoms with Gasteiger partial charge in [-0.3, -0.25) is 19.9 Å². The number of hydrogen-bond acceptors (Lipinski definition) is 6. The van der Waals surface area contributed by atoms with Crippen molar-refractivity contribution in [1.29, 1.82) is 0 Å². The Balaban J connectivity index is 1.54. The second-order valence-corrected chi connectivity index (χ2v) is 8.16. The number of benzene rings is 2.